The van der Waals surface area contributed by atoms with Crippen LogP contribution in [0.25, 0.3) is 0 Å². The fraction of sp³-hybridized carbons (Fsp3) is 0.929. The first-order valence-corrected chi connectivity index (χ1v) is 7.09. The minimum atomic E-state index is -0.105. The van der Waals surface area contributed by atoms with Gasteiger partial charge in [-0.3, -0.25) is 9.69 Å². The molecule has 0 aliphatic carbocycles. The van der Waals surface area contributed by atoms with Gasteiger partial charge in [0.1, 0.15) is 6.04 Å². The summed E-state index contributed by atoms with van der Waals surface area (Å²) < 4.78 is 10.7. The lowest BCUT2D eigenvalue weighted by Gasteiger charge is -2.42. The molecule has 3 atom stereocenters. The van der Waals surface area contributed by atoms with Gasteiger partial charge in [0, 0.05) is 12.6 Å². The molecule has 0 spiro atoms. The molecule has 18 heavy (non-hydrogen) atoms. The monoisotopic (exact) mass is 257 g/mol. The van der Waals surface area contributed by atoms with Crippen molar-refractivity contribution < 1.29 is 14.3 Å². The number of hydrogen-bond donors (Lipinski definition) is 0. The highest BCUT2D eigenvalue weighted by atomic mass is 16.5. The van der Waals surface area contributed by atoms with E-state index in [2.05, 4.69) is 25.7 Å². The fourth-order valence-electron chi connectivity index (χ4n) is 2.56. The molecule has 1 aliphatic rings. The van der Waals surface area contributed by atoms with Crippen LogP contribution in [0.5, 0.6) is 0 Å². The molecule has 106 valence electrons. The Morgan fingerprint density at radius 3 is 2.78 bits per heavy atom. The van der Waals surface area contributed by atoms with Crippen LogP contribution in [0.3, 0.4) is 0 Å². The quantitative estimate of drug-likeness (QED) is 0.684. The summed E-state index contributed by atoms with van der Waals surface area (Å²) in [7, 11) is 1.48. The summed E-state index contributed by atoms with van der Waals surface area (Å²) in [6, 6.07) is 0.230. The molecule has 3 unspecified atom stereocenters. The molecule has 0 N–H and O–H groups in total. The van der Waals surface area contributed by atoms with Crippen molar-refractivity contribution in [1.82, 2.24) is 4.90 Å². The standard InChI is InChI=1S/C14H27NO3/c1-5-7-8-13(14(16)17-4)15-9-11(3)18-10-12(15)6-2/h11-13H,5-10H2,1-4H3. The van der Waals surface area contributed by atoms with Gasteiger partial charge in [0.15, 0.2) is 0 Å². The Balaban J connectivity index is 2.75. The molecule has 0 aromatic rings. The average molecular weight is 257 g/mol. The summed E-state index contributed by atoms with van der Waals surface area (Å²) in [5, 5.41) is 0. The zero-order chi connectivity index (χ0) is 13.5. The summed E-state index contributed by atoms with van der Waals surface area (Å²) in [4.78, 5) is 14.3. The minimum absolute atomic E-state index is 0.101. The lowest BCUT2D eigenvalue weighted by atomic mass is 10.0. The van der Waals surface area contributed by atoms with E-state index in [1.165, 1.54) is 7.11 Å². The topological polar surface area (TPSA) is 38.8 Å². The van der Waals surface area contributed by atoms with Crippen LogP contribution in [0, 0.1) is 0 Å². The number of rotatable bonds is 6. The Kier molecular flexibility index (Phi) is 6.65. The van der Waals surface area contributed by atoms with Crippen molar-refractivity contribution >= 4 is 5.97 Å². The Hall–Kier alpha value is -0.610. The maximum atomic E-state index is 12.0. The van der Waals surface area contributed by atoms with Crippen molar-refractivity contribution in [3.8, 4) is 0 Å². The highest BCUT2D eigenvalue weighted by Gasteiger charge is 2.35. The van der Waals surface area contributed by atoms with Crippen LogP contribution >= 0.6 is 0 Å². The van der Waals surface area contributed by atoms with Crippen molar-refractivity contribution in [3.63, 3.8) is 0 Å². The van der Waals surface area contributed by atoms with Crippen LogP contribution in [0.2, 0.25) is 0 Å². The third-order valence-corrected chi connectivity index (χ3v) is 3.69. The molecule has 4 nitrogen and oxygen atoms in total. The maximum absolute atomic E-state index is 12.0. The maximum Gasteiger partial charge on any atom is 0.323 e. The number of hydrogen-bond acceptors (Lipinski definition) is 4. The molecular weight excluding hydrogens is 230 g/mol. The molecule has 0 aromatic carbocycles. The number of esters is 1. The molecule has 1 fully saturated rings. The van der Waals surface area contributed by atoms with Gasteiger partial charge >= 0.3 is 5.97 Å². The zero-order valence-corrected chi connectivity index (χ0v) is 12.1. The van der Waals surface area contributed by atoms with E-state index in [-0.39, 0.29) is 18.1 Å². The zero-order valence-electron chi connectivity index (χ0n) is 12.1. The molecule has 0 amide bonds. The number of unbranched alkanes of at least 4 members (excludes halogenated alkanes) is 1. The summed E-state index contributed by atoms with van der Waals surface area (Å²) in [6.07, 6.45) is 4.24. The highest BCUT2D eigenvalue weighted by molar-refractivity contribution is 5.75. The van der Waals surface area contributed by atoms with Crippen molar-refractivity contribution in [3.05, 3.63) is 0 Å². The van der Waals surface area contributed by atoms with Gasteiger partial charge in [0.2, 0.25) is 0 Å². The predicted octanol–water partition coefficient (Wildman–Crippen LogP) is 2.22. The summed E-state index contributed by atoms with van der Waals surface area (Å²) in [6.45, 7) is 7.89. The fourth-order valence-corrected chi connectivity index (χ4v) is 2.56. The largest absolute Gasteiger partial charge is 0.468 e. The van der Waals surface area contributed by atoms with Crippen molar-refractivity contribution in [2.24, 2.45) is 0 Å². The van der Waals surface area contributed by atoms with E-state index in [1.807, 2.05) is 0 Å². The van der Waals surface area contributed by atoms with E-state index >= 15 is 0 Å². The molecular formula is C14H27NO3. The van der Waals surface area contributed by atoms with Gasteiger partial charge in [0.05, 0.1) is 19.8 Å². The van der Waals surface area contributed by atoms with Crippen LogP contribution in [0.1, 0.15) is 46.5 Å². The Morgan fingerprint density at radius 2 is 2.22 bits per heavy atom. The number of morpholine rings is 1. The Morgan fingerprint density at radius 1 is 1.50 bits per heavy atom. The number of ether oxygens (including phenoxy) is 2. The molecule has 0 bridgehead atoms. The van der Waals surface area contributed by atoms with Gasteiger partial charge in [-0.1, -0.05) is 26.7 Å². The predicted molar refractivity (Wildman–Crippen MR) is 71.5 cm³/mol. The second-order valence-electron chi connectivity index (χ2n) is 5.08. The van der Waals surface area contributed by atoms with Crippen LogP contribution in [-0.2, 0) is 14.3 Å². The van der Waals surface area contributed by atoms with Crippen molar-refractivity contribution in [2.75, 3.05) is 20.3 Å². The smallest absolute Gasteiger partial charge is 0.323 e. The molecule has 1 saturated heterocycles. The second-order valence-corrected chi connectivity index (χ2v) is 5.08. The Labute approximate surface area is 111 Å². The van der Waals surface area contributed by atoms with E-state index in [9.17, 15) is 4.79 Å². The van der Waals surface area contributed by atoms with E-state index in [0.29, 0.717) is 6.04 Å². The molecule has 1 aliphatic heterocycles. The third-order valence-electron chi connectivity index (χ3n) is 3.69. The first-order valence-electron chi connectivity index (χ1n) is 7.09. The van der Waals surface area contributed by atoms with Gasteiger partial charge < -0.3 is 9.47 Å². The Bertz CT molecular complexity index is 257. The van der Waals surface area contributed by atoms with Gasteiger partial charge in [-0.05, 0) is 19.8 Å². The third kappa shape index (κ3) is 3.95. The van der Waals surface area contributed by atoms with E-state index in [1.54, 1.807) is 0 Å². The number of carbonyl (C=O) groups is 1. The van der Waals surface area contributed by atoms with E-state index < -0.39 is 0 Å². The van der Waals surface area contributed by atoms with Gasteiger partial charge in [-0.2, -0.15) is 0 Å². The molecule has 0 aromatic heterocycles. The molecule has 1 heterocycles. The average Bonchev–Trinajstić information content (AvgIpc) is 2.39. The molecule has 0 radical (unpaired) electrons. The van der Waals surface area contributed by atoms with Crippen LogP contribution in [0.15, 0.2) is 0 Å². The molecule has 1 rings (SSSR count). The number of methoxy groups -OCH3 is 1. The minimum Gasteiger partial charge on any atom is -0.468 e. The number of nitrogens with zero attached hydrogens (tertiary/aromatic N) is 1. The molecule has 4 heteroatoms. The first kappa shape index (κ1) is 15.4. The van der Waals surface area contributed by atoms with Gasteiger partial charge in [-0.25, -0.2) is 0 Å². The van der Waals surface area contributed by atoms with Crippen LogP contribution in [-0.4, -0.2) is 49.3 Å². The van der Waals surface area contributed by atoms with Crippen molar-refractivity contribution in [1.29, 1.82) is 0 Å². The summed E-state index contributed by atoms with van der Waals surface area (Å²) >= 11 is 0. The SMILES string of the molecule is CCCCC(C(=O)OC)N1CC(C)OCC1CC. The lowest BCUT2D eigenvalue weighted by Crippen LogP contribution is -2.55. The lowest BCUT2D eigenvalue weighted by molar-refractivity contribution is -0.154. The second kappa shape index (κ2) is 7.74. The number of carbonyl (C=O) groups excluding carboxylic acids is 1. The van der Waals surface area contributed by atoms with Crippen LogP contribution < -0.4 is 0 Å². The normalized spacial score (nSPS) is 26.9. The van der Waals surface area contributed by atoms with Crippen LogP contribution in [0.4, 0.5) is 0 Å². The first-order chi connectivity index (χ1) is 8.63. The van der Waals surface area contributed by atoms with E-state index in [4.69, 9.17) is 9.47 Å². The summed E-state index contributed by atoms with van der Waals surface area (Å²) in [5.74, 6) is -0.101. The highest BCUT2D eigenvalue weighted by Crippen LogP contribution is 2.21. The molecule has 0 saturated carbocycles. The summed E-state index contributed by atoms with van der Waals surface area (Å²) in [5.41, 5.74) is 0. The van der Waals surface area contributed by atoms with Crippen molar-refractivity contribution in [2.45, 2.75) is 64.6 Å². The van der Waals surface area contributed by atoms with Gasteiger partial charge in [0.25, 0.3) is 0 Å². The van der Waals surface area contributed by atoms with E-state index in [0.717, 1.165) is 38.8 Å². The van der Waals surface area contributed by atoms with Gasteiger partial charge in [-0.15, -0.1) is 0 Å².